The van der Waals surface area contributed by atoms with Crippen LogP contribution in [0.25, 0.3) is 0 Å². The highest BCUT2D eigenvalue weighted by Crippen LogP contribution is 2.45. The molecule has 3 rings (SSSR count). The summed E-state index contributed by atoms with van der Waals surface area (Å²) in [6, 6.07) is 0.314. The van der Waals surface area contributed by atoms with Gasteiger partial charge in [-0.1, -0.05) is 25.6 Å². The van der Waals surface area contributed by atoms with Crippen LogP contribution in [-0.4, -0.2) is 39.1 Å². The molecule has 5 nitrogen and oxygen atoms in total. The predicted octanol–water partition coefficient (Wildman–Crippen LogP) is 2.92. The Balaban J connectivity index is 1.89. The second-order valence-electron chi connectivity index (χ2n) is 6.20. The summed E-state index contributed by atoms with van der Waals surface area (Å²) in [4.78, 5) is 15.3. The van der Waals surface area contributed by atoms with Crippen LogP contribution in [0.2, 0.25) is 0 Å². The minimum atomic E-state index is -0.804. The lowest BCUT2D eigenvalue weighted by Crippen LogP contribution is -2.24. The summed E-state index contributed by atoms with van der Waals surface area (Å²) < 4.78 is 8.21. The molecule has 1 saturated heterocycles. The number of carboxylic acid groups (broad SMARTS) is 1. The molecule has 2 aliphatic rings. The average Bonchev–Trinajstić information content (AvgIpc) is 3.01. The number of ether oxygens (including phenoxy) is 1. The normalized spacial score (nSPS) is 25.7. The van der Waals surface area contributed by atoms with Crippen molar-refractivity contribution in [3.05, 3.63) is 11.9 Å². The van der Waals surface area contributed by atoms with Gasteiger partial charge >= 0.3 is 5.97 Å². The van der Waals surface area contributed by atoms with E-state index in [-0.39, 0.29) is 11.9 Å². The van der Waals surface area contributed by atoms with Gasteiger partial charge in [-0.05, 0) is 31.1 Å². The lowest BCUT2D eigenvalue weighted by molar-refractivity contribution is -0.133. The fraction of sp³-hybridized carbons (Fsp3) is 0.733. The number of imidazole rings is 1. The van der Waals surface area contributed by atoms with E-state index in [0.29, 0.717) is 17.9 Å². The quantitative estimate of drug-likeness (QED) is 0.818. The summed E-state index contributed by atoms with van der Waals surface area (Å²) in [5.74, 6) is 0.298. The average molecular weight is 310 g/mol. The third kappa shape index (κ3) is 3.11. The molecular formula is C15H22N2O3S. The van der Waals surface area contributed by atoms with Crippen molar-refractivity contribution < 1.29 is 14.6 Å². The van der Waals surface area contributed by atoms with Crippen molar-refractivity contribution in [2.75, 3.05) is 12.4 Å². The molecule has 0 amide bonds. The molecule has 0 radical (unpaired) electrons. The summed E-state index contributed by atoms with van der Waals surface area (Å²) in [6.45, 7) is 5.10. The number of hydrogen-bond acceptors (Lipinski definition) is 4. The first kappa shape index (κ1) is 14.9. The summed E-state index contributed by atoms with van der Waals surface area (Å²) in [5, 5.41) is 9.74. The van der Waals surface area contributed by atoms with Gasteiger partial charge in [0.15, 0.2) is 5.16 Å². The van der Waals surface area contributed by atoms with Crippen molar-refractivity contribution in [3.8, 4) is 0 Å². The lowest BCUT2D eigenvalue weighted by atomic mass is 10.0. The Morgan fingerprint density at radius 2 is 2.29 bits per heavy atom. The molecule has 21 heavy (non-hydrogen) atoms. The predicted molar refractivity (Wildman–Crippen MR) is 80.8 cm³/mol. The largest absolute Gasteiger partial charge is 0.481 e. The van der Waals surface area contributed by atoms with Gasteiger partial charge in [-0.15, -0.1) is 0 Å². The molecule has 2 unspecified atom stereocenters. The number of hydrogen-bond donors (Lipinski definition) is 1. The molecule has 1 aliphatic carbocycles. The van der Waals surface area contributed by atoms with Crippen LogP contribution < -0.4 is 0 Å². The summed E-state index contributed by atoms with van der Waals surface area (Å²) in [6.07, 6.45) is 5.69. The second-order valence-corrected chi connectivity index (χ2v) is 7.14. The number of aliphatic carboxylic acids is 1. The van der Waals surface area contributed by atoms with Gasteiger partial charge in [-0.3, -0.25) is 4.79 Å². The minimum Gasteiger partial charge on any atom is -0.481 e. The topological polar surface area (TPSA) is 64.3 Å². The van der Waals surface area contributed by atoms with Gasteiger partial charge in [0.1, 0.15) is 0 Å². The second kappa shape index (κ2) is 6.01. The van der Waals surface area contributed by atoms with Crippen LogP contribution in [0, 0.1) is 5.92 Å². The molecule has 116 valence electrons. The standard InChI is InChI=1S/C15H22N2O3S/c1-9(2)12-7-16-15(21-8-13(18)19)17(12)11-5-6-20-14(11)10-3-4-10/h7,9-11,14H,3-6,8H2,1-2H3,(H,18,19). The zero-order chi connectivity index (χ0) is 15.0. The van der Waals surface area contributed by atoms with Gasteiger partial charge in [0.2, 0.25) is 0 Å². The van der Waals surface area contributed by atoms with Gasteiger partial charge in [-0.2, -0.15) is 0 Å². The molecule has 1 N–H and O–H groups in total. The SMILES string of the molecule is CC(C)c1cnc(SCC(=O)O)n1C1CCOC1C1CC1. The van der Waals surface area contributed by atoms with E-state index in [2.05, 4.69) is 23.4 Å². The monoisotopic (exact) mass is 310 g/mol. The minimum absolute atomic E-state index is 0.0518. The highest BCUT2D eigenvalue weighted by atomic mass is 32.2. The first-order valence-corrected chi connectivity index (χ1v) is 8.59. The maximum atomic E-state index is 10.8. The van der Waals surface area contributed by atoms with Gasteiger partial charge in [0.05, 0.1) is 17.9 Å². The van der Waals surface area contributed by atoms with Crippen LogP contribution in [0.1, 0.15) is 50.8 Å². The number of rotatable bonds is 6. The van der Waals surface area contributed by atoms with Crippen LogP contribution in [-0.2, 0) is 9.53 Å². The first-order valence-electron chi connectivity index (χ1n) is 7.61. The lowest BCUT2D eigenvalue weighted by Gasteiger charge is -2.24. The van der Waals surface area contributed by atoms with E-state index in [1.165, 1.54) is 30.3 Å². The van der Waals surface area contributed by atoms with Crippen LogP contribution in [0.15, 0.2) is 11.4 Å². The molecule has 0 aromatic carbocycles. The molecule has 0 spiro atoms. The van der Waals surface area contributed by atoms with Crippen molar-refractivity contribution in [1.82, 2.24) is 9.55 Å². The third-order valence-corrected chi connectivity index (χ3v) is 5.18. The smallest absolute Gasteiger partial charge is 0.313 e. The Hall–Kier alpha value is -1.01. The maximum absolute atomic E-state index is 10.8. The molecule has 0 bridgehead atoms. The van der Waals surface area contributed by atoms with Crippen LogP contribution in [0.3, 0.4) is 0 Å². The van der Waals surface area contributed by atoms with Crippen molar-refractivity contribution in [1.29, 1.82) is 0 Å². The van der Waals surface area contributed by atoms with E-state index in [1.54, 1.807) is 0 Å². The molecule has 2 heterocycles. The number of nitrogens with zero attached hydrogens (tertiary/aromatic N) is 2. The fourth-order valence-corrected chi connectivity index (χ4v) is 3.86. The van der Waals surface area contributed by atoms with Gasteiger partial charge in [-0.25, -0.2) is 4.98 Å². The number of carbonyl (C=O) groups is 1. The van der Waals surface area contributed by atoms with E-state index < -0.39 is 5.97 Å². The number of thioether (sulfide) groups is 1. The molecule has 2 atom stereocenters. The van der Waals surface area contributed by atoms with E-state index in [4.69, 9.17) is 9.84 Å². The van der Waals surface area contributed by atoms with E-state index in [1.807, 2.05) is 6.20 Å². The molecule has 2 fully saturated rings. The van der Waals surface area contributed by atoms with Crippen molar-refractivity contribution in [2.24, 2.45) is 5.92 Å². The van der Waals surface area contributed by atoms with Gasteiger partial charge < -0.3 is 14.4 Å². The molecule has 1 saturated carbocycles. The van der Waals surface area contributed by atoms with Gasteiger partial charge in [0.25, 0.3) is 0 Å². The summed E-state index contributed by atoms with van der Waals surface area (Å²) >= 11 is 1.31. The zero-order valence-electron chi connectivity index (χ0n) is 12.5. The Labute approximate surface area is 129 Å². The number of aromatic nitrogens is 2. The summed E-state index contributed by atoms with van der Waals surface area (Å²) in [7, 11) is 0. The van der Waals surface area contributed by atoms with E-state index >= 15 is 0 Å². The van der Waals surface area contributed by atoms with Gasteiger partial charge in [0, 0.05) is 18.5 Å². The Kier molecular flexibility index (Phi) is 4.26. The maximum Gasteiger partial charge on any atom is 0.313 e. The fourth-order valence-electron chi connectivity index (χ4n) is 3.10. The zero-order valence-corrected chi connectivity index (χ0v) is 13.3. The molecule has 1 aliphatic heterocycles. The van der Waals surface area contributed by atoms with Crippen molar-refractivity contribution in [3.63, 3.8) is 0 Å². The van der Waals surface area contributed by atoms with Crippen LogP contribution >= 0.6 is 11.8 Å². The Morgan fingerprint density at radius 3 is 2.90 bits per heavy atom. The summed E-state index contributed by atoms with van der Waals surface area (Å²) in [5.41, 5.74) is 1.18. The first-order chi connectivity index (χ1) is 10.1. The Morgan fingerprint density at radius 1 is 1.52 bits per heavy atom. The van der Waals surface area contributed by atoms with E-state index in [9.17, 15) is 4.79 Å². The number of carboxylic acids is 1. The highest BCUT2D eigenvalue weighted by Gasteiger charge is 2.42. The molecule has 1 aromatic heterocycles. The third-order valence-electron chi connectivity index (χ3n) is 4.23. The molecular weight excluding hydrogens is 288 g/mol. The van der Waals surface area contributed by atoms with E-state index in [0.717, 1.165) is 18.2 Å². The van der Waals surface area contributed by atoms with Crippen LogP contribution in [0.4, 0.5) is 0 Å². The van der Waals surface area contributed by atoms with Crippen molar-refractivity contribution in [2.45, 2.75) is 56.3 Å². The molecule has 6 heteroatoms. The molecule has 1 aromatic rings. The van der Waals surface area contributed by atoms with Crippen molar-refractivity contribution >= 4 is 17.7 Å². The highest BCUT2D eigenvalue weighted by molar-refractivity contribution is 7.99. The Bertz CT molecular complexity index is 525. The van der Waals surface area contributed by atoms with Crippen LogP contribution in [0.5, 0.6) is 0 Å².